The Morgan fingerprint density at radius 3 is 2.93 bits per heavy atom. The van der Waals surface area contributed by atoms with Crippen LogP contribution < -0.4 is 15.8 Å². The average Bonchev–Trinajstić information content (AvgIpc) is 2.91. The van der Waals surface area contributed by atoms with Crippen LogP contribution >= 0.6 is 0 Å². The molecule has 0 radical (unpaired) electrons. The Balaban J connectivity index is 1.76. The second-order valence-electron chi connectivity index (χ2n) is 6.99. The predicted octanol–water partition coefficient (Wildman–Crippen LogP) is 2.19. The van der Waals surface area contributed by atoms with Gasteiger partial charge in [-0.25, -0.2) is 9.98 Å². The number of benzene rings is 1. The van der Waals surface area contributed by atoms with Gasteiger partial charge in [0.25, 0.3) is 0 Å². The number of carbonyl (C=O) groups is 1. The molecule has 1 aromatic heterocycles. The van der Waals surface area contributed by atoms with E-state index in [4.69, 9.17) is 15.2 Å². The van der Waals surface area contributed by atoms with Crippen LogP contribution in [0.15, 0.2) is 23.2 Å². The smallest absolute Gasteiger partial charge is 0.216 e. The van der Waals surface area contributed by atoms with Crippen molar-refractivity contribution in [2.75, 3.05) is 19.8 Å². The number of nitrogens with one attached hydrogen (secondary N) is 1. The van der Waals surface area contributed by atoms with Crippen LogP contribution in [0.25, 0.3) is 0 Å². The maximum Gasteiger partial charge on any atom is 0.216 e. The van der Waals surface area contributed by atoms with Gasteiger partial charge in [0.1, 0.15) is 23.9 Å². The summed E-state index contributed by atoms with van der Waals surface area (Å²) < 4.78 is 13.6. The van der Waals surface area contributed by atoms with E-state index in [0.717, 1.165) is 41.4 Å². The van der Waals surface area contributed by atoms with Gasteiger partial charge in [0, 0.05) is 39.1 Å². The summed E-state index contributed by atoms with van der Waals surface area (Å²) in [5.74, 6) is 2.03. The highest BCUT2D eigenvalue weighted by atomic mass is 16.5. The lowest BCUT2D eigenvalue weighted by Crippen LogP contribution is -2.21. The van der Waals surface area contributed by atoms with Gasteiger partial charge in [-0.3, -0.25) is 4.79 Å². The van der Waals surface area contributed by atoms with Crippen LogP contribution in [0, 0.1) is 0 Å². The number of rotatable bonds is 9. The average molecular weight is 399 g/mol. The molecule has 8 heteroatoms. The molecule has 2 aromatic rings. The number of aliphatic imine (C=N–C) groups is 1. The summed E-state index contributed by atoms with van der Waals surface area (Å²) in [5.41, 5.74) is 9.78. The molecule has 0 saturated heterocycles. The molecule has 1 aliphatic rings. The maximum atomic E-state index is 10.9. The first kappa shape index (κ1) is 20.9. The van der Waals surface area contributed by atoms with E-state index in [0.29, 0.717) is 44.3 Å². The van der Waals surface area contributed by atoms with E-state index in [-0.39, 0.29) is 5.91 Å². The Morgan fingerprint density at radius 2 is 2.17 bits per heavy atom. The minimum Gasteiger partial charge on any atom is -0.493 e. The highest BCUT2D eigenvalue weighted by molar-refractivity contribution is 5.99. The number of carbonyl (C=O) groups excluding carboxylic acids is 1. The molecule has 2 heterocycles. The maximum absolute atomic E-state index is 10.9. The van der Waals surface area contributed by atoms with Crippen molar-refractivity contribution in [3.8, 4) is 5.75 Å². The Kier molecular flexibility index (Phi) is 6.87. The third-order valence-corrected chi connectivity index (χ3v) is 4.88. The number of imidazole rings is 1. The molecule has 0 atom stereocenters. The lowest BCUT2D eigenvalue weighted by Gasteiger charge is -2.14. The third-order valence-electron chi connectivity index (χ3n) is 4.88. The second-order valence-corrected chi connectivity index (χ2v) is 6.99. The molecule has 0 bridgehead atoms. The lowest BCUT2D eigenvalue weighted by molar-refractivity contribution is -0.118. The SMILES string of the molecule is CCOCc1nc2c(n1C)Cc1c(cccc1OCCCCNC(C)=O)N=C2N. The van der Waals surface area contributed by atoms with Crippen molar-refractivity contribution in [1.82, 2.24) is 14.9 Å². The molecule has 0 saturated carbocycles. The Bertz CT molecular complexity index is 904. The number of fused-ring (bicyclic) bond motifs is 2. The van der Waals surface area contributed by atoms with Crippen LogP contribution in [0.1, 0.15) is 49.5 Å². The summed E-state index contributed by atoms with van der Waals surface area (Å²) in [4.78, 5) is 20.2. The number of nitrogens with zero attached hydrogens (tertiary/aromatic N) is 3. The molecule has 156 valence electrons. The Labute approximate surface area is 171 Å². The molecule has 0 spiro atoms. The number of amides is 1. The number of aromatic nitrogens is 2. The highest BCUT2D eigenvalue weighted by Crippen LogP contribution is 2.34. The summed E-state index contributed by atoms with van der Waals surface area (Å²) >= 11 is 0. The minimum atomic E-state index is -0.00886. The molecule has 8 nitrogen and oxygen atoms in total. The first-order valence-electron chi connectivity index (χ1n) is 9.97. The molecular formula is C21H29N5O3. The fourth-order valence-corrected chi connectivity index (χ4v) is 3.31. The van der Waals surface area contributed by atoms with E-state index < -0.39 is 0 Å². The first-order chi connectivity index (χ1) is 14.0. The summed E-state index contributed by atoms with van der Waals surface area (Å²) in [6.45, 7) is 5.78. The van der Waals surface area contributed by atoms with Crippen molar-refractivity contribution in [1.29, 1.82) is 0 Å². The topological polar surface area (TPSA) is 104 Å². The normalized spacial score (nSPS) is 12.6. The van der Waals surface area contributed by atoms with Crippen LogP contribution in [0.3, 0.4) is 0 Å². The van der Waals surface area contributed by atoms with E-state index in [1.807, 2.05) is 36.7 Å². The first-order valence-corrected chi connectivity index (χ1v) is 9.97. The molecule has 0 aliphatic carbocycles. The van der Waals surface area contributed by atoms with E-state index in [2.05, 4.69) is 15.3 Å². The quantitative estimate of drug-likeness (QED) is 0.629. The number of amidine groups is 1. The Morgan fingerprint density at radius 1 is 1.34 bits per heavy atom. The molecule has 3 N–H and O–H groups in total. The largest absolute Gasteiger partial charge is 0.493 e. The monoisotopic (exact) mass is 399 g/mol. The number of hydrogen-bond acceptors (Lipinski definition) is 6. The van der Waals surface area contributed by atoms with Crippen molar-refractivity contribution in [3.63, 3.8) is 0 Å². The van der Waals surface area contributed by atoms with Gasteiger partial charge in [-0.15, -0.1) is 0 Å². The van der Waals surface area contributed by atoms with Crippen molar-refractivity contribution in [3.05, 3.63) is 41.0 Å². The zero-order valence-electron chi connectivity index (χ0n) is 17.3. The third kappa shape index (κ3) is 4.95. The molecule has 1 aliphatic heterocycles. The summed E-state index contributed by atoms with van der Waals surface area (Å²) in [5, 5.41) is 2.80. The zero-order valence-corrected chi connectivity index (χ0v) is 17.3. The highest BCUT2D eigenvalue weighted by Gasteiger charge is 2.24. The summed E-state index contributed by atoms with van der Waals surface area (Å²) in [6, 6.07) is 5.83. The van der Waals surface area contributed by atoms with Gasteiger partial charge in [-0.2, -0.15) is 0 Å². The Hall–Kier alpha value is -2.87. The van der Waals surface area contributed by atoms with Crippen molar-refractivity contribution >= 4 is 17.4 Å². The van der Waals surface area contributed by atoms with Gasteiger partial charge < -0.3 is 25.1 Å². The second kappa shape index (κ2) is 9.56. The van der Waals surface area contributed by atoms with Crippen LogP contribution in [0.4, 0.5) is 5.69 Å². The van der Waals surface area contributed by atoms with E-state index in [1.54, 1.807) is 0 Å². The van der Waals surface area contributed by atoms with Gasteiger partial charge in [0.2, 0.25) is 5.91 Å². The van der Waals surface area contributed by atoms with E-state index in [1.165, 1.54) is 6.92 Å². The lowest BCUT2D eigenvalue weighted by atomic mass is 10.1. The number of ether oxygens (including phenoxy) is 2. The van der Waals surface area contributed by atoms with Gasteiger partial charge >= 0.3 is 0 Å². The van der Waals surface area contributed by atoms with Gasteiger partial charge in [0.15, 0.2) is 5.84 Å². The standard InChI is InChI=1S/C21H29N5O3/c1-4-28-13-19-25-20-17(26(19)3)12-15-16(24-21(20)22)8-7-9-18(15)29-11-6-5-10-23-14(2)27/h7-9H,4-6,10-13H2,1-3H3,(H2,22,24)(H,23,27). The van der Waals surface area contributed by atoms with Crippen molar-refractivity contribution in [2.45, 2.75) is 39.7 Å². The molecular weight excluding hydrogens is 370 g/mol. The number of hydrogen-bond donors (Lipinski definition) is 2. The van der Waals surface area contributed by atoms with Crippen LogP contribution in [-0.4, -0.2) is 41.1 Å². The van der Waals surface area contributed by atoms with Crippen LogP contribution in [0.2, 0.25) is 0 Å². The minimum absolute atomic E-state index is 0.00886. The van der Waals surface area contributed by atoms with Gasteiger partial charge in [-0.05, 0) is 31.9 Å². The summed E-state index contributed by atoms with van der Waals surface area (Å²) in [7, 11) is 1.98. The molecule has 0 unspecified atom stereocenters. The molecule has 3 rings (SSSR count). The fourth-order valence-electron chi connectivity index (χ4n) is 3.31. The molecule has 1 amide bonds. The van der Waals surface area contributed by atoms with Gasteiger partial charge in [0.05, 0.1) is 18.0 Å². The number of unbranched alkanes of at least 4 members (excludes halogenated alkanes) is 1. The molecule has 1 aromatic carbocycles. The van der Waals surface area contributed by atoms with Crippen LogP contribution in [0.5, 0.6) is 5.75 Å². The molecule has 29 heavy (non-hydrogen) atoms. The van der Waals surface area contributed by atoms with Crippen molar-refractivity contribution in [2.24, 2.45) is 17.8 Å². The fraction of sp³-hybridized carbons (Fsp3) is 0.476. The zero-order chi connectivity index (χ0) is 20.8. The van der Waals surface area contributed by atoms with Crippen LogP contribution in [-0.2, 0) is 29.6 Å². The van der Waals surface area contributed by atoms with Crippen molar-refractivity contribution < 1.29 is 14.3 Å². The number of nitrogens with two attached hydrogens (primary N) is 1. The molecule has 0 fully saturated rings. The summed E-state index contributed by atoms with van der Waals surface area (Å²) in [6.07, 6.45) is 2.35. The predicted molar refractivity (Wildman–Crippen MR) is 112 cm³/mol. The van der Waals surface area contributed by atoms with E-state index in [9.17, 15) is 4.79 Å². The van der Waals surface area contributed by atoms with E-state index >= 15 is 0 Å². The van der Waals surface area contributed by atoms with Gasteiger partial charge in [-0.1, -0.05) is 6.07 Å².